The maximum absolute atomic E-state index is 13.1. The van der Waals surface area contributed by atoms with Crippen molar-refractivity contribution in [3.8, 4) is 45.7 Å². The van der Waals surface area contributed by atoms with Crippen LogP contribution in [0.1, 0.15) is 33.3 Å². The standard InChI is InChI=1S/C53H61N5O15/c1-9-66-49(62)30-56(31-50(63)67-10-2)40-19-14-35(53-38-17-15-36(54(5)6)28-43(38)72-44-29-37(55(7)8)16-18-39(44)53)27-45(40)71-24-23-70-42-20-13-34(26-48(61)73-58-46(59)21-22-47(58)60)25-41(42)57(32-51(64)68-11-3)33-52(65)69-12-4/h13-22,25,27-29H,9-12,23-24,26,30-33H2,1-8H3,(H-,59,60)/p+1. The van der Waals surface area contributed by atoms with Crippen molar-refractivity contribution in [1.29, 1.82) is 0 Å². The highest BCUT2D eigenvalue weighted by molar-refractivity contribution is 6.03. The monoisotopic (exact) mass is 1010 g/mol. The number of benzene rings is 4. The van der Waals surface area contributed by atoms with Gasteiger partial charge in [0, 0.05) is 60.6 Å². The molecule has 2 aliphatic rings. The minimum Gasteiger partial charge on any atom is -0.492 e. The molecule has 3 aromatic carbocycles. The Balaban J connectivity index is 1.42. The molecule has 73 heavy (non-hydrogen) atoms. The van der Waals surface area contributed by atoms with E-state index in [4.69, 9.17) is 37.7 Å². The second kappa shape index (κ2) is 25.1. The van der Waals surface area contributed by atoms with Crippen LogP contribution >= 0.6 is 0 Å². The molecule has 20 nitrogen and oxygen atoms in total. The van der Waals surface area contributed by atoms with E-state index >= 15 is 0 Å². The number of aromatic nitrogens is 1. The predicted molar refractivity (Wildman–Crippen MR) is 271 cm³/mol. The zero-order valence-corrected chi connectivity index (χ0v) is 42.3. The predicted octanol–water partition coefficient (Wildman–Crippen LogP) is 5.04. The smallest absolute Gasteiger partial charge is 0.337 e. The Hall–Kier alpha value is -8.42. The third kappa shape index (κ3) is 13.9. The van der Waals surface area contributed by atoms with Gasteiger partial charge in [-0.15, -0.1) is 4.73 Å². The van der Waals surface area contributed by atoms with Gasteiger partial charge in [0.05, 0.1) is 50.3 Å². The fourth-order valence-corrected chi connectivity index (χ4v) is 7.83. The molecule has 1 aliphatic carbocycles. The largest absolute Gasteiger partial charge is 0.492 e. The first kappa shape index (κ1) is 53.9. The molecule has 2 N–H and O–H groups in total. The Kier molecular flexibility index (Phi) is 18.5. The topological polar surface area (TPSA) is 221 Å². The van der Waals surface area contributed by atoms with Gasteiger partial charge in [0.2, 0.25) is 17.1 Å². The lowest BCUT2D eigenvalue weighted by Crippen LogP contribution is -2.37. The van der Waals surface area contributed by atoms with Crippen LogP contribution in [0.25, 0.3) is 33.4 Å². The van der Waals surface area contributed by atoms with Crippen LogP contribution in [0.2, 0.25) is 0 Å². The number of anilines is 3. The van der Waals surface area contributed by atoms with Crippen LogP contribution < -0.4 is 38.9 Å². The second-order valence-electron chi connectivity index (χ2n) is 16.7. The average Bonchev–Trinajstić information content (AvgIpc) is 3.66. The highest BCUT2D eigenvalue weighted by atomic mass is 16.7. The van der Waals surface area contributed by atoms with Crippen molar-refractivity contribution in [1.82, 2.24) is 9.31 Å². The number of nitrogens with zero attached hydrogens (tertiary/aromatic N) is 5. The van der Waals surface area contributed by atoms with E-state index in [1.165, 1.54) is 15.9 Å². The van der Waals surface area contributed by atoms with Crippen LogP contribution in [-0.2, 0) is 49.3 Å². The maximum atomic E-state index is 13.1. The van der Waals surface area contributed by atoms with Crippen molar-refractivity contribution in [2.45, 2.75) is 34.1 Å². The van der Waals surface area contributed by atoms with Crippen LogP contribution in [0.15, 0.2) is 89.3 Å². The molecular weight excluding hydrogens is 947 g/mol. The molecule has 388 valence electrons. The molecular formula is C53H62N5O15+. The number of carbonyl (C=O) groups is 5. The first-order chi connectivity index (χ1) is 35.0. The van der Waals surface area contributed by atoms with Crippen molar-refractivity contribution in [3.05, 3.63) is 95.8 Å². The first-order valence-corrected chi connectivity index (χ1v) is 23.7. The second-order valence-corrected chi connectivity index (χ2v) is 16.7. The van der Waals surface area contributed by atoms with Crippen molar-refractivity contribution >= 4 is 57.9 Å². The van der Waals surface area contributed by atoms with Gasteiger partial charge in [-0.3, -0.25) is 19.2 Å². The average molecular weight is 1010 g/mol. The van der Waals surface area contributed by atoms with E-state index in [0.29, 0.717) is 27.3 Å². The normalized spacial score (nSPS) is 10.9. The lowest BCUT2D eigenvalue weighted by molar-refractivity contribution is -0.145. The van der Waals surface area contributed by atoms with Crippen LogP contribution in [0, 0.1) is 0 Å². The van der Waals surface area contributed by atoms with E-state index in [9.17, 15) is 34.2 Å². The zero-order valence-electron chi connectivity index (χ0n) is 42.3. The van der Waals surface area contributed by atoms with E-state index in [0.717, 1.165) is 45.3 Å². The summed E-state index contributed by atoms with van der Waals surface area (Å²) in [6, 6.07) is 24.3. The summed E-state index contributed by atoms with van der Waals surface area (Å²) in [7, 11) is 7.79. The molecule has 0 atom stereocenters. The van der Waals surface area contributed by atoms with E-state index in [-0.39, 0.29) is 76.3 Å². The van der Waals surface area contributed by atoms with Gasteiger partial charge in [0.25, 0.3) is 0 Å². The molecule has 6 rings (SSSR count). The van der Waals surface area contributed by atoms with Gasteiger partial charge in [-0.2, -0.15) is 0 Å². The van der Waals surface area contributed by atoms with Gasteiger partial charge < -0.3 is 62.6 Å². The quantitative estimate of drug-likeness (QED) is 0.0267. The summed E-state index contributed by atoms with van der Waals surface area (Å²) in [4.78, 5) is 75.3. The van der Waals surface area contributed by atoms with Crippen molar-refractivity contribution in [3.63, 3.8) is 0 Å². The molecule has 0 spiro atoms. The zero-order chi connectivity index (χ0) is 52.8. The van der Waals surface area contributed by atoms with E-state index in [1.807, 2.05) is 86.2 Å². The molecule has 1 aromatic heterocycles. The number of rotatable bonds is 24. The summed E-state index contributed by atoms with van der Waals surface area (Å²) in [6.07, 6.45) is -0.374. The SMILES string of the molecule is CCOC(=O)CN(CC(=O)OCC)c1ccc(-c2c3ccc(=[N+](C)C)cc-3oc3cc(N(C)C)ccc23)cc1OCCOc1ccc(CC(=O)On2c(O)ccc2O)cc1N(CC(=O)OCC)CC(=O)OCC. The summed E-state index contributed by atoms with van der Waals surface area (Å²) in [6.45, 7) is 5.31. The summed E-state index contributed by atoms with van der Waals surface area (Å²) in [5, 5.41) is 21.8. The molecule has 0 radical (unpaired) electrons. The van der Waals surface area contributed by atoms with Gasteiger partial charge in [-0.1, -0.05) is 12.1 Å². The number of aromatic hydroxyl groups is 2. The third-order valence-electron chi connectivity index (χ3n) is 11.1. The molecule has 4 aromatic rings. The van der Waals surface area contributed by atoms with Crippen molar-refractivity contribution < 1.29 is 71.9 Å². The minimum atomic E-state index is -0.863. The van der Waals surface area contributed by atoms with Gasteiger partial charge in [-0.25, -0.2) is 9.37 Å². The summed E-state index contributed by atoms with van der Waals surface area (Å²) in [5.74, 6) is -3.28. The fourth-order valence-electron chi connectivity index (χ4n) is 7.83. The molecule has 0 saturated heterocycles. The van der Waals surface area contributed by atoms with Crippen LogP contribution in [0.3, 0.4) is 0 Å². The number of hydrogen-bond donors (Lipinski definition) is 2. The van der Waals surface area contributed by atoms with Gasteiger partial charge in [0.1, 0.15) is 76.3 Å². The molecule has 0 saturated carbocycles. The van der Waals surface area contributed by atoms with Gasteiger partial charge in [0.15, 0.2) is 0 Å². The van der Waals surface area contributed by atoms with Gasteiger partial charge in [-0.05, 0) is 81.3 Å². The lowest BCUT2D eigenvalue weighted by Gasteiger charge is -2.27. The number of hydrogen-bond acceptors (Lipinski definition) is 18. The molecule has 0 bridgehead atoms. The molecule has 1 aliphatic heterocycles. The number of esters is 4. The third-order valence-corrected chi connectivity index (χ3v) is 11.1. The summed E-state index contributed by atoms with van der Waals surface area (Å²) in [5.41, 5.74) is 4.86. The molecule has 2 heterocycles. The Bertz CT molecular complexity index is 2920. The number of fused-ring (bicyclic) bond motifs is 2. The lowest BCUT2D eigenvalue weighted by atomic mass is 9.93. The van der Waals surface area contributed by atoms with Crippen LogP contribution in [0.5, 0.6) is 23.3 Å². The Morgan fingerprint density at radius 2 is 1.16 bits per heavy atom. The molecule has 0 amide bonds. The van der Waals surface area contributed by atoms with Gasteiger partial charge >= 0.3 is 29.8 Å². The fraction of sp³-hybridized carbons (Fsp3) is 0.358. The number of carbonyl (C=O) groups excluding carboxylic acids is 5. The van der Waals surface area contributed by atoms with E-state index in [1.54, 1.807) is 45.9 Å². The minimum absolute atomic E-state index is 0.0682. The Morgan fingerprint density at radius 3 is 1.71 bits per heavy atom. The molecule has 20 heteroatoms. The maximum Gasteiger partial charge on any atom is 0.337 e. The summed E-state index contributed by atoms with van der Waals surface area (Å²) >= 11 is 0. The highest BCUT2D eigenvalue weighted by Crippen LogP contribution is 2.43. The van der Waals surface area contributed by atoms with Crippen LogP contribution in [-0.4, -0.2) is 139 Å². The summed E-state index contributed by atoms with van der Waals surface area (Å²) < 4.78 is 43.1. The Labute approximate surface area is 422 Å². The molecule has 0 unspecified atom stereocenters. The first-order valence-electron chi connectivity index (χ1n) is 23.7. The molecule has 0 fully saturated rings. The van der Waals surface area contributed by atoms with Crippen molar-refractivity contribution in [2.24, 2.45) is 0 Å². The van der Waals surface area contributed by atoms with E-state index in [2.05, 4.69) is 0 Å². The van der Waals surface area contributed by atoms with E-state index < -0.39 is 54.7 Å². The van der Waals surface area contributed by atoms with Crippen molar-refractivity contribution in [2.75, 3.05) is 109 Å². The number of ether oxygens (including phenoxy) is 6. The Morgan fingerprint density at radius 1 is 0.603 bits per heavy atom. The highest BCUT2D eigenvalue weighted by Gasteiger charge is 2.26. The van der Waals surface area contributed by atoms with Crippen LogP contribution in [0.4, 0.5) is 17.1 Å².